The molecule has 0 amide bonds. The van der Waals surface area contributed by atoms with Crippen LogP contribution in [0.1, 0.15) is 44.8 Å². The van der Waals surface area contributed by atoms with Crippen molar-refractivity contribution in [3.63, 3.8) is 0 Å². The van der Waals surface area contributed by atoms with E-state index in [1.54, 1.807) is 12.4 Å². The second-order valence-corrected chi connectivity index (χ2v) is 6.05. The van der Waals surface area contributed by atoms with Gasteiger partial charge in [0, 0.05) is 11.8 Å². The first-order valence-corrected chi connectivity index (χ1v) is 6.93. The lowest BCUT2D eigenvalue weighted by molar-refractivity contribution is 0.103. The Labute approximate surface area is 108 Å². The number of ether oxygens (including phenoxy) is 1. The van der Waals surface area contributed by atoms with Crippen LogP contribution in [0.2, 0.25) is 0 Å². The number of hydrogen-bond donors (Lipinski definition) is 1. The average molecular weight is 247 g/mol. The van der Waals surface area contributed by atoms with Gasteiger partial charge in [0.25, 0.3) is 0 Å². The topological polar surface area (TPSA) is 42.4 Å². The molecule has 0 saturated heterocycles. The van der Waals surface area contributed by atoms with Crippen molar-refractivity contribution in [3.05, 3.63) is 24.0 Å². The first kappa shape index (κ1) is 12.0. The molecular weight excluding hydrogens is 226 g/mol. The van der Waals surface area contributed by atoms with Gasteiger partial charge in [-0.3, -0.25) is 4.98 Å². The van der Waals surface area contributed by atoms with Crippen molar-refractivity contribution in [1.82, 2.24) is 4.98 Å². The molecule has 0 aromatic carbocycles. The molecule has 2 aliphatic rings. The minimum absolute atomic E-state index is 0.137. The number of aliphatic hydroxyl groups excluding tert-OH is 1. The van der Waals surface area contributed by atoms with Crippen LogP contribution in [-0.4, -0.2) is 16.2 Å². The molecule has 3 heteroatoms. The highest BCUT2D eigenvalue weighted by Gasteiger charge is 2.47. The van der Waals surface area contributed by atoms with E-state index in [4.69, 9.17) is 4.74 Å². The SMILES string of the molecule is CC(C)Oc1cncc(C(O)C2CC3CC3C2)c1. The maximum atomic E-state index is 10.4. The highest BCUT2D eigenvalue weighted by atomic mass is 16.5. The summed E-state index contributed by atoms with van der Waals surface area (Å²) in [6.45, 7) is 3.99. The molecule has 3 unspecified atom stereocenters. The molecular formula is C15H21NO2. The van der Waals surface area contributed by atoms with Gasteiger partial charge in [0.05, 0.1) is 18.4 Å². The Morgan fingerprint density at radius 3 is 2.61 bits per heavy atom. The summed E-state index contributed by atoms with van der Waals surface area (Å²) in [7, 11) is 0. The molecule has 2 aliphatic carbocycles. The first-order valence-electron chi connectivity index (χ1n) is 6.93. The van der Waals surface area contributed by atoms with Crippen molar-refractivity contribution < 1.29 is 9.84 Å². The van der Waals surface area contributed by atoms with Crippen LogP contribution >= 0.6 is 0 Å². The minimum Gasteiger partial charge on any atom is -0.489 e. The predicted molar refractivity (Wildman–Crippen MR) is 69.3 cm³/mol. The zero-order valence-corrected chi connectivity index (χ0v) is 11.0. The van der Waals surface area contributed by atoms with E-state index in [0.717, 1.165) is 23.1 Å². The van der Waals surface area contributed by atoms with E-state index in [1.165, 1.54) is 19.3 Å². The van der Waals surface area contributed by atoms with Crippen LogP contribution in [0.5, 0.6) is 5.75 Å². The molecule has 18 heavy (non-hydrogen) atoms. The fourth-order valence-electron chi connectivity index (χ4n) is 3.23. The Balaban J connectivity index is 1.70. The quantitative estimate of drug-likeness (QED) is 0.889. The van der Waals surface area contributed by atoms with E-state index in [0.29, 0.717) is 5.92 Å². The number of hydrogen-bond acceptors (Lipinski definition) is 3. The molecule has 2 fully saturated rings. The van der Waals surface area contributed by atoms with Crippen LogP contribution in [0.15, 0.2) is 18.5 Å². The molecule has 3 rings (SSSR count). The van der Waals surface area contributed by atoms with Crippen molar-refractivity contribution in [2.45, 2.75) is 45.3 Å². The lowest BCUT2D eigenvalue weighted by atomic mass is 9.92. The third kappa shape index (κ3) is 2.37. The minimum atomic E-state index is -0.374. The van der Waals surface area contributed by atoms with Gasteiger partial charge in [-0.1, -0.05) is 0 Å². The lowest BCUT2D eigenvalue weighted by Crippen LogP contribution is -2.12. The summed E-state index contributed by atoms with van der Waals surface area (Å²) in [5.41, 5.74) is 0.902. The van der Waals surface area contributed by atoms with Crippen molar-refractivity contribution in [3.8, 4) is 5.75 Å². The lowest BCUT2D eigenvalue weighted by Gasteiger charge is -2.20. The molecule has 98 valence electrons. The molecule has 3 atom stereocenters. The van der Waals surface area contributed by atoms with E-state index in [1.807, 2.05) is 19.9 Å². The van der Waals surface area contributed by atoms with Gasteiger partial charge in [0.1, 0.15) is 5.75 Å². The van der Waals surface area contributed by atoms with Gasteiger partial charge < -0.3 is 9.84 Å². The first-order chi connectivity index (χ1) is 8.63. The number of fused-ring (bicyclic) bond motifs is 1. The van der Waals surface area contributed by atoms with Crippen molar-refractivity contribution >= 4 is 0 Å². The number of nitrogens with zero attached hydrogens (tertiary/aromatic N) is 1. The van der Waals surface area contributed by atoms with Crippen molar-refractivity contribution in [2.75, 3.05) is 0 Å². The smallest absolute Gasteiger partial charge is 0.138 e. The number of pyridine rings is 1. The zero-order valence-electron chi connectivity index (χ0n) is 11.0. The summed E-state index contributed by atoms with van der Waals surface area (Å²) < 4.78 is 5.62. The van der Waals surface area contributed by atoms with Gasteiger partial charge >= 0.3 is 0 Å². The van der Waals surface area contributed by atoms with Crippen LogP contribution in [0.4, 0.5) is 0 Å². The van der Waals surface area contributed by atoms with Gasteiger partial charge in [-0.05, 0) is 56.9 Å². The zero-order chi connectivity index (χ0) is 12.7. The largest absolute Gasteiger partial charge is 0.489 e. The fraction of sp³-hybridized carbons (Fsp3) is 0.667. The Morgan fingerprint density at radius 1 is 1.22 bits per heavy atom. The number of aromatic nitrogens is 1. The van der Waals surface area contributed by atoms with Gasteiger partial charge in [0.15, 0.2) is 0 Å². The maximum Gasteiger partial charge on any atom is 0.138 e. The molecule has 0 bridgehead atoms. The molecule has 0 spiro atoms. The Bertz CT molecular complexity index is 422. The van der Waals surface area contributed by atoms with Crippen LogP contribution in [0, 0.1) is 17.8 Å². The summed E-state index contributed by atoms with van der Waals surface area (Å²) in [6.07, 6.45) is 6.99. The van der Waals surface area contributed by atoms with Crippen molar-refractivity contribution in [2.24, 2.45) is 17.8 Å². The Morgan fingerprint density at radius 2 is 1.94 bits per heavy atom. The Kier molecular flexibility index (Phi) is 3.02. The summed E-state index contributed by atoms with van der Waals surface area (Å²) in [6, 6.07) is 1.93. The van der Waals surface area contributed by atoms with Gasteiger partial charge in [-0.15, -0.1) is 0 Å². The molecule has 1 aromatic heterocycles. The third-order valence-corrected chi connectivity index (χ3v) is 4.17. The normalized spacial score (nSPS) is 31.2. The van der Waals surface area contributed by atoms with E-state index in [2.05, 4.69) is 4.98 Å². The Hall–Kier alpha value is -1.09. The monoisotopic (exact) mass is 247 g/mol. The van der Waals surface area contributed by atoms with Crippen LogP contribution in [-0.2, 0) is 0 Å². The molecule has 0 radical (unpaired) electrons. The molecule has 1 aromatic rings. The van der Waals surface area contributed by atoms with E-state index < -0.39 is 0 Å². The van der Waals surface area contributed by atoms with E-state index in [-0.39, 0.29) is 12.2 Å². The van der Waals surface area contributed by atoms with Gasteiger partial charge in [-0.25, -0.2) is 0 Å². The highest BCUT2D eigenvalue weighted by molar-refractivity contribution is 5.26. The van der Waals surface area contributed by atoms with Gasteiger partial charge in [0.2, 0.25) is 0 Å². The fourth-order valence-corrected chi connectivity index (χ4v) is 3.23. The maximum absolute atomic E-state index is 10.4. The third-order valence-electron chi connectivity index (χ3n) is 4.17. The van der Waals surface area contributed by atoms with E-state index >= 15 is 0 Å². The van der Waals surface area contributed by atoms with E-state index in [9.17, 15) is 5.11 Å². The summed E-state index contributed by atoms with van der Waals surface area (Å²) >= 11 is 0. The molecule has 3 nitrogen and oxygen atoms in total. The molecule has 1 N–H and O–H groups in total. The molecule has 2 saturated carbocycles. The summed E-state index contributed by atoms with van der Waals surface area (Å²) in [5, 5.41) is 10.4. The van der Waals surface area contributed by atoms with Crippen LogP contribution in [0.3, 0.4) is 0 Å². The van der Waals surface area contributed by atoms with Crippen molar-refractivity contribution in [1.29, 1.82) is 0 Å². The summed E-state index contributed by atoms with van der Waals surface area (Å²) in [4.78, 5) is 4.18. The highest BCUT2D eigenvalue weighted by Crippen LogP contribution is 2.57. The van der Waals surface area contributed by atoms with Crippen LogP contribution < -0.4 is 4.74 Å². The number of rotatable bonds is 4. The predicted octanol–water partition coefficient (Wildman–Crippen LogP) is 2.95. The number of aliphatic hydroxyl groups is 1. The summed E-state index contributed by atoms with van der Waals surface area (Å²) in [5.74, 6) is 2.97. The second kappa shape index (κ2) is 4.54. The average Bonchev–Trinajstić information content (AvgIpc) is 2.95. The van der Waals surface area contributed by atoms with Gasteiger partial charge in [-0.2, -0.15) is 0 Å². The molecule has 1 heterocycles. The van der Waals surface area contributed by atoms with Crippen LogP contribution in [0.25, 0.3) is 0 Å². The second-order valence-electron chi connectivity index (χ2n) is 6.05. The standard InChI is InChI=1S/C15H21NO2/c1-9(2)18-14-6-13(7-16-8-14)15(17)12-4-10-3-11(10)5-12/h6-12,15,17H,3-5H2,1-2H3. The molecule has 0 aliphatic heterocycles.